The van der Waals surface area contributed by atoms with Crippen LogP contribution >= 0.6 is 0 Å². The van der Waals surface area contributed by atoms with Crippen LogP contribution in [0.25, 0.3) is 0 Å². The van der Waals surface area contributed by atoms with E-state index in [0.717, 1.165) is 32.1 Å². The highest BCUT2D eigenvalue weighted by molar-refractivity contribution is 4.77. The van der Waals surface area contributed by atoms with Crippen molar-refractivity contribution in [2.45, 2.75) is 116 Å². The van der Waals surface area contributed by atoms with E-state index < -0.39 is 17.9 Å². The van der Waals surface area contributed by atoms with E-state index in [1.165, 1.54) is 0 Å². The number of halogens is 4. The summed E-state index contributed by atoms with van der Waals surface area (Å²) in [6, 6.07) is 0. The summed E-state index contributed by atoms with van der Waals surface area (Å²) >= 11 is 0. The molecule has 0 aromatic rings. The van der Waals surface area contributed by atoms with Gasteiger partial charge in [-0.25, -0.2) is 17.6 Å². The van der Waals surface area contributed by atoms with Gasteiger partial charge in [-0.15, -0.1) is 0 Å². The summed E-state index contributed by atoms with van der Waals surface area (Å²) in [5, 5.41) is 0. The molecule has 0 aliphatic heterocycles. The lowest BCUT2D eigenvalue weighted by atomic mass is 10.0. The molecule has 0 radical (unpaired) electrons. The maximum atomic E-state index is 13.9. The van der Waals surface area contributed by atoms with Gasteiger partial charge in [0, 0.05) is 25.9 Å². The van der Waals surface area contributed by atoms with Gasteiger partial charge in [-0.1, -0.05) is 52.4 Å². The zero-order valence-electron chi connectivity index (χ0n) is 15.7. The lowest BCUT2D eigenvalue weighted by molar-refractivity contribution is -0.141. The van der Waals surface area contributed by atoms with Gasteiger partial charge in [0.1, 0.15) is 6.10 Å². The molecule has 0 aliphatic rings. The van der Waals surface area contributed by atoms with Crippen molar-refractivity contribution in [2.75, 3.05) is 6.61 Å². The van der Waals surface area contributed by atoms with E-state index in [0.29, 0.717) is 32.3 Å². The smallest absolute Gasteiger partial charge is 0.273 e. The average Bonchev–Trinajstić information content (AvgIpc) is 2.50. The van der Waals surface area contributed by atoms with Crippen LogP contribution in [0.2, 0.25) is 0 Å². The van der Waals surface area contributed by atoms with Gasteiger partial charge < -0.3 is 4.74 Å². The monoisotopic (exact) mass is 356 g/mol. The van der Waals surface area contributed by atoms with E-state index in [1.807, 2.05) is 0 Å². The van der Waals surface area contributed by atoms with Gasteiger partial charge >= 0.3 is 0 Å². The highest BCUT2D eigenvalue weighted by Crippen LogP contribution is 2.30. The van der Waals surface area contributed by atoms with Crippen molar-refractivity contribution in [3.05, 3.63) is 0 Å². The summed E-state index contributed by atoms with van der Waals surface area (Å²) < 4.78 is 59.5. The van der Waals surface area contributed by atoms with Crippen LogP contribution in [-0.4, -0.2) is 24.6 Å². The van der Waals surface area contributed by atoms with E-state index in [1.54, 1.807) is 20.8 Å². The summed E-state index contributed by atoms with van der Waals surface area (Å²) in [4.78, 5) is 0. The topological polar surface area (TPSA) is 9.23 Å². The molecule has 146 valence electrons. The van der Waals surface area contributed by atoms with Crippen molar-refractivity contribution in [1.29, 1.82) is 0 Å². The first-order chi connectivity index (χ1) is 11.3. The van der Waals surface area contributed by atoms with Crippen LogP contribution in [0.4, 0.5) is 17.6 Å². The fourth-order valence-corrected chi connectivity index (χ4v) is 3.02. The molecule has 0 fully saturated rings. The molecular formula is C19H36F4O. The Hall–Kier alpha value is -0.320. The number of unbranched alkanes of at least 4 members (excludes halogenated alkanes) is 6. The highest BCUT2D eigenvalue weighted by Gasteiger charge is 2.38. The molecule has 0 aromatic heterocycles. The third-order valence-corrected chi connectivity index (χ3v) is 4.38. The van der Waals surface area contributed by atoms with Crippen LogP contribution in [0.1, 0.15) is 97.8 Å². The quantitative estimate of drug-likeness (QED) is 0.207. The maximum Gasteiger partial charge on any atom is 0.273 e. The van der Waals surface area contributed by atoms with Crippen molar-refractivity contribution in [2.24, 2.45) is 0 Å². The molecule has 0 spiro atoms. The molecule has 1 unspecified atom stereocenters. The number of alkyl halides is 4. The maximum absolute atomic E-state index is 13.9. The molecule has 0 bridgehead atoms. The Kier molecular flexibility index (Phi) is 12.8. The summed E-state index contributed by atoms with van der Waals surface area (Å²) in [6.45, 7) is 5.54. The van der Waals surface area contributed by atoms with Crippen LogP contribution in [0.15, 0.2) is 0 Å². The third-order valence-electron chi connectivity index (χ3n) is 4.38. The first-order valence-corrected chi connectivity index (χ1v) is 9.66. The summed E-state index contributed by atoms with van der Waals surface area (Å²) in [5.74, 6) is -5.27. The SMILES string of the molecule is CCCC(F)(F)CCCCCCCCCC(F)(F)C(CC)OCC. The molecule has 0 aromatic carbocycles. The molecule has 0 rings (SSSR count). The van der Waals surface area contributed by atoms with Crippen molar-refractivity contribution in [3.8, 4) is 0 Å². The molecular weight excluding hydrogens is 320 g/mol. The first kappa shape index (κ1) is 23.7. The first-order valence-electron chi connectivity index (χ1n) is 9.66. The van der Waals surface area contributed by atoms with Gasteiger partial charge in [0.25, 0.3) is 5.92 Å². The normalized spacial score (nSPS) is 14.1. The molecule has 24 heavy (non-hydrogen) atoms. The number of hydrogen-bond donors (Lipinski definition) is 0. The molecule has 5 heteroatoms. The minimum atomic E-state index is -2.75. The molecule has 0 saturated heterocycles. The van der Waals surface area contributed by atoms with E-state index in [-0.39, 0.29) is 19.3 Å². The summed E-state index contributed by atoms with van der Waals surface area (Å²) in [6.07, 6.45) is 5.04. The van der Waals surface area contributed by atoms with Gasteiger partial charge in [0.15, 0.2) is 0 Å². The Morgan fingerprint density at radius 2 is 1.21 bits per heavy atom. The van der Waals surface area contributed by atoms with Crippen LogP contribution in [0.5, 0.6) is 0 Å². The Bertz CT molecular complexity index is 295. The molecule has 0 heterocycles. The van der Waals surface area contributed by atoms with Crippen molar-refractivity contribution < 1.29 is 22.3 Å². The van der Waals surface area contributed by atoms with E-state index in [4.69, 9.17) is 4.74 Å². The van der Waals surface area contributed by atoms with Crippen molar-refractivity contribution in [1.82, 2.24) is 0 Å². The Morgan fingerprint density at radius 3 is 1.67 bits per heavy atom. The molecule has 0 amide bonds. The second-order valence-electron chi connectivity index (χ2n) is 6.69. The molecule has 0 saturated carbocycles. The predicted octanol–water partition coefficient (Wildman–Crippen LogP) is 7.38. The fourth-order valence-electron chi connectivity index (χ4n) is 3.02. The zero-order valence-corrected chi connectivity index (χ0v) is 15.7. The van der Waals surface area contributed by atoms with Crippen molar-refractivity contribution in [3.63, 3.8) is 0 Å². The van der Waals surface area contributed by atoms with Crippen LogP contribution in [-0.2, 0) is 4.74 Å². The number of hydrogen-bond acceptors (Lipinski definition) is 1. The lowest BCUT2D eigenvalue weighted by Gasteiger charge is -2.25. The average molecular weight is 356 g/mol. The van der Waals surface area contributed by atoms with E-state index >= 15 is 0 Å². The Morgan fingerprint density at radius 1 is 0.708 bits per heavy atom. The van der Waals surface area contributed by atoms with Gasteiger partial charge in [0.05, 0.1) is 0 Å². The Labute approximate surface area is 145 Å². The number of ether oxygens (including phenoxy) is 1. The van der Waals surface area contributed by atoms with Crippen molar-refractivity contribution >= 4 is 0 Å². The van der Waals surface area contributed by atoms with E-state index in [2.05, 4.69) is 0 Å². The Balaban J connectivity index is 3.63. The summed E-state index contributed by atoms with van der Waals surface area (Å²) in [5.41, 5.74) is 0. The molecule has 0 aliphatic carbocycles. The fraction of sp³-hybridized carbons (Fsp3) is 1.00. The van der Waals surface area contributed by atoms with Crippen LogP contribution < -0.4 is 0 Å². The molecule has 1 nitrogen and oxygen atoms in total. The highest BCUT2D eigenvalue weighted by atomic mass is 19.3. The van der Waals surface area contributed by atoms with Gasteiger partial charge in [-0.3, -0.25) is 0 Å². The van der Waals surface area contributed by atoms with Crippen LogP contribution in [0, 0.1) is 0 Å². The third kappa shape index (κ3) is 11.3. The van der Waals surface area contributed by atoms with Gasteiger partial charge in [0.2, 0.25) is 5.92 Å². The zero-order chi connectivity index (χ0) is 18.5. The molecule has 1 atom stereocenters. The molecule has 0 N–H and O–H groups in total. The van der Waals surface area contributed by atoms with E-state index in [9.17, 15) is 17.6 Å². The minimum absolute atomic E-state index is 0.0249. The second-order valence-corrected chi connectivity index (χ2v) is 6.69. The lowest BCUT2D eigenvalue weighted by Crippen LogP contribution is -2.35. The van der Waals surface area contributed by atoms with Crippen LogP contribution in [0.3, 0.4) is 0 Å². The second kappa shape index (κ2) is 13.0. The van der Waals surface area contributed by atoms with Gasteiger partial charge in [-0.2, -0.15) is 0 Å². The largest absolute Gasteiger partial charge is 0.372 e. The van der Waals surface area contributed by atoms with Gasteiger partial charge in [-0.05, 0) is 26.2 Å². The predicted molar refractivity (Wildman–Crippen MR) is 92.1 cm³/mol. The minimum Gasteiger partial charge on any atom is -0.372 e. The summed E-state index contributed by atoms with van der Waals surface area (Å²) in [7, 11) is 0. The number of rotatable bonds is 16. The standard InChI is InChI=1S/C19H36F4O/c1-4-14-18(20,21)15-12-10-8-7-9-11-13-16-19(22,23)17(5-2)24-6-3/h17H,4-16H2,1-3H3.